The van der Waals surface area contributed by atoms with Crippen LogP contribution in [0.4, 0.5) is 5.69 Å². The Morgan fingerprint density at radius 1 is 1.30 bits per heavy atom. The third kappa shape index (κ3) is 4.32. The largest absolute Gasteiger partial charge is 0.394 e. The third-order valence-corrected chi connectivity index (χ3v) is 3.85. The number of aliphatic hydroxyl groups is 1. The third-order valence-electron chi connectivity index (χ3n) is 3.85. The number of hydrogen-bond donors (Lipinski definition) is 3. The van der Waals surface area contributed by atoms with E-state index in [2.05, 4.69) is 15.8 Å². The molecule has 0 fully saturated rings. The van der Waals surface area contributed by atoms with Crippen LogP contribution in [0.15, 0.2) is 28.8 Å². The molecule has 6 nitrogen and oxygen atoms in total. The Morgan fingerprint density at radius 2 is 2.00 bits per heavy atom. The summed E-state index contributed by atoms with van der Waals surface area (Å²) in [6, 6.07) is 7.02. The summed E-state index contributed by atoms with van der Waals surface area (Å²) in [4.78, 5) is 12.1. The number of nitrogens with zero attached hydrogens (tertiary/aromatic N) is 1. The molecule has 0 saturated carbocycles. The molecular formula is C17H23N3O3. The minimum atomic E-state index is -0.208. The smallest absolute Gasteiger partial charge is 0.251 e. The molecule has 1 aromatic heterocycles. The molecule has 23 heavy (non-hydrogen) atoms. The highest BCUT2D eigenvalue weighted by molar-refractivity contribution is 5.94. The highest BCUT2D eigenvalue weighted by atomic mass is 16.5. The Hall–Kier alpha value is -2.34. The lowest BCUT2D eigenvalue weighted by molar-refractivity contribution is 0.0915. The second-order valence-electron chi connectivity index (χ2n) is 5.49. The fourth-order valence-corrected chi connectivity index (χ4v) is 2.23. The number of nitrogens with one attached hydrogen (secondary N) is 2. The van der Waals surface area contributed by atoms with Gasteiger partial charge in [0.2, 0.25) is 0 Å². The van der Waals surface area contributed by atoms with Gasteiger partial charge < -0.3 is 20.3 Å². The number of carbonyl (C=O) groups is 1. The lowest BCUT2D eigenvalue weighted by atomic mass is 10.1. The highest BCUT2D eigenvalue weighted by Crippen LogP contribution is 2.16. The van der Waals surface area contributed by atoms with Gasteiger partial charge in [0.1, 0.15) is 5.76 Å². The molecule has 1 amide bonds. The molecule has 0 saturated heterocycles. The summed E-state index contributed by atoms with van der Waals surface area (Å²) in [5, 5.41) is 19.1. The molecule has 1 unspecified atom stereocenters. The first-order valence-electron chi connectivity index (χ1n) is 7.72. The van der Waals surface area contributed by atoms with Crippen molar-refractivity contribution in [3.63, 3.8) is 0 Å². The molecule has 0 radical (unpaired) electrons. The van der Waals surface area contributed by atoms with E-state index >= 15 is 0 Å². The van der Waals surface area contributed by atoms with E-state index in [0.29, 0.717) is 18.5 Å². The zero-order valence-electron chi connectivity index (χ0n) is 13.7. The monoisotopic (exact) mass is 317 g/mol. The number of anilines is 1. The summed E-state index contributed by atoms with van der Waals surface area (Å²) in [6.45, 7) is 6.28. The molecule has 1 atom stereocenters. The first-order valence-corrected chi connectivity index (χ1v) is 7.72. The average molecular weight is 317 g/mol. The van der Waals surface area contributed by atoms with E-state index in [1.165, 1.54) is 0 Å². The molecule has 124 valence electrons. The first-order chi connectivity index (χ1) is 11.0. The van der Waals surface area contributed by atoms with Gasteiger partial charge in [0.15, 0.2) is 0 Å². The van der Waals surface area contributed by atoms with Crippen LogP contribution in [0.2, 0.25) is 0 Å². The Morgan fingerprint density at radius 3 is 2.52 bits per heavy atom. The lowest BCUT2D eigenvalue weighted by Gasteiger charge is -2.14. The lowest BCUT2D eigenvalue weighted by Crippen LogP contribution is -2.36. The van der Waals surface area contributed by atoms with Crippen molar-refractivity contribution in [2.75, 3.05) is 11.9 Å². The van der Waals surface area contributed by atoms with Gasteiger partial charge in [0, 0.05) is 23.4 Å². The second kappa shape index (κ2) is 7.78. The van der Waals surface area contributed by atoms with E-state index < -0.39 is 0 Å². The maximum atomic E-state index is 12.1. The number of aromatic nitrogens is 1. The van der Waals surface area contributed by atoms with Gasteiger partial charge in [-0.2, -0.15) is 0 Å². The van der Waals surface area contributed by atoms with Crippen LogP contribution in [0.25, 0.3) is 0 Å². The number of aliphatic hydroxyl groups excluding tert-OH is 1. The minimum absolute atomic E-state index is 0.0562. The quantitative estimate of drug-likeness (QED) is 0.730. The van der Waals surface area contributed by atoms with Crippen LogP contribution >= 0.6 is 0 Å². The fourth-order valence-electron chi connectivity index (χ4n) is 2.23. The van der Waals surface area contributed by atoms with Crippen molar-refractivity contribution in [1.29, 1.82) is 0 Å². The molecule has 0 aliphatic heterocycles. The summed E-state index contributed by atoms with van der Waals surface area (Å²) in [7, 11) is 0. The normalized spacial score (nSPS) is 12.0. The number of rotatable bonds is 7. The van der Waals surface area contributed by atoms with E-state index in [1.807, 2.05) is 32.9 Å². The van der Waals surface area contributed by atoms with Gasteiger partial charge >= 0.3 is 0 Å². The zero-order valence-corrected chi connectivity index (χ0v) is 13.7. The van der Waals surface area contributed by atoms with E-state index in [1.54, 1.807) is 12.1 Å². The number of carbonyl (C=O) groups excluding carboxylic acids is 1. The summed E-state index contributed by atoms with van der Waals surface area (Å²) < 4.78 is 5.13. The molecule has 0 bridgehead atoms. The van der Waals surface area contributed by atoms with Gasteiger partial charge in [-0.15, -0.1) is 0 Å². The number of benzene rings is 1. The molecular weight excluding hydrogens is 294 g/mol. The molecule has 0 aliphatic rings. The van der Waals surface area contributed by atoms with Crippen molar-refractivity contribution in [2.45, 2.75) is 39.8 Å². The molecule has 0 spiro atoms. The van der Waals surface area contributed by atoms with Crippen molar-refractivity contribution in [3.05, 3.63) is 46.8 Å². The fraction of sp³-hybridized carbons (Fsp3) is 0.412. The van der Waals surface area contributed by atoms with Crippen LogP contribution in [-0.4, -0.2) is 28.8 Å². The van der Waals surface area contributed by atoms with Gasteiger partial charge in [-0.05, 0) is 44.5 Å². The van der Waals surface area contributed by atoms with Gasteiger partial charge in [-0.1, -0.05) is 12.1 Å². The van der Waals surface area contributed by atoms with E-state index in [9.17, 15) is 4.79 Å². The number of amides is 1. The molecule has 0 aliphatic carbocycles. The van der Waals surface area contributed by atoms with Crippen LogP contribution in [0, 0.1) is 13.8 Å². The van der Waals surface area contributed by atoms with Gasteiger partial charge in [0.25, 0.3) is 5.91 Å². The Kier molecular flexibility index (Phi) is 5.76. The van der Waals surface area contributed by atoms with E-state index in [0.717, 1.165) is 22.7 Å². The van der Waals surface area contributed by atoms with Crippen LogP contribution in [0.5, 0.6) is 0 Å². The van der Waals surface area contributed by atoms with Crippen molar-refractivity contribution in [3.8, 4) is 0 Å². The van der Waals surface area contributed by atoms with E-state index in [-0.39, 0.29) is 18.6 Å². The maximum Gasteiger partial charge on any atom is 0.251 e. The zero-order chi connectivity index (χ0) is 16.8. The Balaban J connectivity index is 1.95. The second-order valence-corrected chi connectivity index (χ2v) is 5.49. The average Bonchev–Trinajstić information content (AvgIpc) is 2.89. The first kappa shape index (κ1) is 17.0. The van der Waals surface area contributed by atoms with Crippen molar-refractivity contribution in [2.24, 2.45) is 0 Å². The van der Waals surface area contributed by atoms with Crippen LogP contribution in [0.1, 0.15) is 40.7 Å². The van der Waals surface area contributed by atoms with Crippen molar-refractivity contribution in [1.82, 2.24) is 10.5 Å². The predicted octanol–water partition coefficient (Wildman–Crippen LogP) is 2.40. The van der Waals surface area contributed by atoms with Crippen molar-refractivity contribution >= 4 is 11.6 Å². The minimum Gasteiger partial charge on any atom is -0.394 e. The molecule has 1 heterocycles. The SMILES string of the molecule is CCC(CO)NC(=O)c1ccc(NCc2c(C)noc2C)cc1. The number of hydrogen-bond acceptors (Lipinski definition) is 5. The summed E-state index contributed by atoms with van der Waals surface area (Å²) in [5.74, 6) is 0.629. The topological polar surface area (TPSA) is 87.4 Å². The predicted molar refractivity (Wildman–Crippen MR) is 88.4 cm³/mol. The molecule has 2 rings (SSSR count). The summed E-state index contributed by atoms with van der Waals surface area (Å²) >= 11 is 0. The molecule has 6 heteroatoms. The summed E-state index contributed by atoms with van der Waals surface area (Å²) in [5.41, 5.74) is 3.40. The highest BCUT2D eigenvalue weighted by Gasteiger charge is 2.11. The van der Waals surface area contributed by atoms with Gasteiger partial charge in [-0.25, -0.2) is 0 Å². The van der Waals surface area contributed by atoms with E-state index in [4.69, 9.17) is 9.63 Å². The number of aryl methyl sites for hydroxylation is 2. The standard InChI is InChI=1S/C17H23N3O3/c1-4-14(10-21)19-17(22)13-5-7-15(8-6-13)18-9-16-11(2)20-23-12(16)3/h5-8,14,18,21H,4,9-10H2,1-3H3,(H,19,22). The summed E-state index contributed by atoms with van der Waals surface area (Å²) in [6.07, 6.45) is 0.694. The molecule has 2 aromatic rings. The molecule has 3 N–H and O–H groups in total. The van der Waals surface area contributed by atoms with Gasteiger partial charge in [-0.3, -0.25) is 4.79 Å². The van der Waals surface area contributed by atoms with Crippen molar-refractivity contribution < 1.29 is 14.4 Å². The Bertz CT molecular complexity index is 626. The van der Waals surface area contributed by atoms with Crippen LogP contribution < -0.4 is 10.6 Å². The van der Waals surface area contributed by atoms with Crippen LogP contribution in [-0.2, 0) is 6.54 Å². The van der Waals surface area contributed by atoms with Crippen LogP contribution in [0.3, 0.4) is 0 Å². The molecule has 1 aromatic carbocycles. The van der Waals surface area contributed by atoms with Gasteiger partial charge in [0.05, 0.1) is 18.3 Å². The maximum absolute atomic E-state index is 12.1. The Labute approximate surface area is 135 Å².